The van der Waals surface area contributed by atoms with Crippen molar-refractivity contribution in [1.29, 1.82) is 0 Å². The van der Waals surface area contributed by atoms with Crippen LogP contribution < -0.4 is 10.9 Å². The molecule has 0 saturated carbocycles. The fraction of sp³-hybridized carbons (Fsp3) is 0.500. The molecule has 0 atom stereocenters. The molecule has 1 aromatic heterocycles. The van der Waals surface area contributed by atoms with Crippen LogP contribution in [0.4, 0.5) is 18.9 Å². The highest BCUT2D eigenvalue weighted by atomic mass is 35.5. The first-order valence-corrected chi connectivity index (χ1v) is 11.0. The highest BCUT2D eigenvalue weighted by molar-refractivity contribution is 6.32. The SMILES string of the molecule is CC.O=c1ccc(C(F)(F)F)cn1-c1ccc(NCCN2CCN(CCO)CC2)cc1Cl. The number of hydrogen-bond acceptors (Lipinski definition) is 5. The van der Waals surface area contributed by atoms with Crippen LogP contribution >= 0.6 is 11.6 Å². The molecule has 1 aliphatic heterocycles. The molecule has 2 heterocycles. The van der Waals surface area contributed by atoms with Crippen LogP contribution in [0.3, 0.4) is 0 Å². The Morgan fingerprint density at radius 1 is 1.03 bits per heavy atom. The molecule has 0 spiro atoms. The maximum absolute atomic E-state index is 13.0. The molecular formula is C22H30ClF3N4O2. The van der Waals surface area contributed by atoms with E-state index in [-0.39, 0.29) is 17.3 Å². The Kier molecular flexibility index (Phi) is 10.0. The van der Waals surface area contributed by atoms with Gasteiger partial charge in [-0.1, -0.05) is 25.4 Å². The zero-order chi connectivity index (χ0) is 23.7. The largest absolute Gasteiger partial charge is 0.417 e. The Hall–Kier alpha value is -2.07. The Labute approximate surface area is 191 Å². The van der Waals surface area contributed by atoms with Crippen molar-refractivity contribution in [3.63, 3.8) is 0 Å². The van der Waals surface area contributed by atoms with Gasteiger partial charge in [-0.25, -0.2) is 0 Å². The molecule has 1 fully saturated rings. The van der Waals surface area contributed by atoms with Gasteiger partial charge in [-0.3, -0.25) is 19.2 Å². The van der Waals surface area contributed by atoms with Crippen molar-refractivity contribution < 1.29 is 18.3 Å². The summed E-state index contributed by atoms with van der Waals surface area (Å²) in [6.45, 7) is 10.1. The summed E-state index contributed by atoms with van der Waals surface area (Å²) in [4.78, 5) is 16.6. The molecule has 0 aliphatic carbocycles. The Morgan fingerprint density at radius 2 is 1.66 bits per heavy atom. The standard InChI is InChI=1S/C20H24ClF3N4O2.C2H6/c21-17-13-16(25-5-6-26-7-9-27(10-8-26)11-12-29)2-3-18(17)28-14-15(20(22,23)24)1-4-19(28)30;1-2/h1-4,13-14,25,29H,5-12H2;1-2H3. The number of piperazine rings is 1. The summed E-state index contributed by atoms with van der Waals surface area (Å²) in [7, 11) is 0. The summed E-state index contributed by atoms with van der Waals surface area (Å²) in [6, 6.07) is 6.45. The maximum Gasteiger partial charge on any atom is 0.417 e. The van der Waals surface area contributed by atoms with Gasteiger partial charge >= 0.3 is 6.18 Å². The van der Waals surface area contributed by atoms with Crippen molar-refractivity contribution in [2.24, 2.45) is 0 Å². The van der Waals surface area contributed by atoms with Crippen molar-refractivity contribution in [1.82, 2.24) is 14.4 Å². The number of aliphatic hydroxyl groups excluding tert-OH is 1. The lowest BCUT2D eigenvalue weighted by molar-refractivity contribution is -0.138. The third-order valence-corrected chi connectivity index (χ3v) is 5.39. The van der Waals surface area contributed by atoms with Crippen LogP contribution in [0, 0.1) is 0 Å². The third kappa shape index (κ3) is 7.23. The minimum absolute atomic E-state index is 0.172. The van der Waals surface area contributed by atoms with Crippen LogP contribution in [0.5, 0.6) is 0 Å². The van der Waals surface area contributed by atoms with Gasteiger partial charge in [0.2, 0.25) is 0 Å². The number of aliphatic hydroxyl groups is 1. The van der Waals surface area contributed by atoms with Gasteiger partial charge in [0, 0.05) is 63.8 Å². The highest BCUT2D eigenvalue weighted by Crippen LogP contribution is 2.30. The second-order valence-electron chi connectivity index (χ2n) is 7.12. The summed E-state index contributed by atoms with van der Waals surface area (Å²) < 4.78 is 39.8. The van der Waals surface area contributed by atoms with Gasteiger partial charge in [0.25, 0.3) is 5.56 Å². The first kappa shape index (κ1) is 26.2. The number of anilines is 1. The number of hydrogen-bond donors (Lipinski definition) is 2. The zero-order valence-electron chi connectivity index (χ0n) is 18.3. The molecule has 2 aromatic rings. The van der Waals surface area contributed by atoms with Crippen molar-refractivity contribution >= 4 is 17.3 Å². The van der Waals surface area contributed by atoms with Crippen LogP contribution in [0.1, 0.15) is 19.4 Å². The van der Waals surface area contributed by atoms with Gasteiger partial charge in [-0.2, -0.15) is 13.2 Å². The van der Waals surface area contributed by atoms with Gasteiger partial charge in [0.05, 0.1) is 22.9 Å². The minimum atomic E-state index is -4.55. The topological polar surface area (TPSA) is 60.7 Å². The van der Waals surface area contributed by atoms with Crippen molar-refractivity contribution in [3.8, 4) is 5.69 Å². The summed E-state index contributed by atoms with van der Waals surface area (Å²) in [5.41, 5.74) is -0.591. The molecule has 0 bridgehead atoms. The lowest BCUT2D eigenvalue weighted by Gasteiger charge is -2.34. The number of β-amino-alcohol motifs (C(OH)–C–C–N with tert-alkyl or cyclic N) is 1. The molecule has 3 rings (SSSR count). The molecule has 6 nitrogen and oxygen atoms in total. The summed E-state index contributed by atoms with van der Waals surface area (Å²) >= 11 is 6.26. The molecule has 32 heavy (non-hydrogen) atoms. The monoisotopic (exact) mass is 474 g/mol. The molecule has 0 radical (unpaired) electrons. The summed E-state index contributed by atoms with van der Waals surface area (Å²) in [5.74, 6) is 0. The number of aromatic nitrogens is 1. The average Bonchev–Trinajstić information content (AvgIpc) is 2.77. The number of nitrogens with zero attached hydrogens (tertiary/aromatic N) is 3. The van der Waals surface area contributed by atoms with E-state index in [0.29, 0.717) is 13.1 Å². The van der Waals surface area contributed by atoms with Crippen LogP contribution in [0.25, 0.3) is 5.69 Å². The fourth-order valence-electron chi connectivity index (χ4n) is 3.39. The molecule has 0 unspecified atom stereocenters. The van der Waals surface area contributed by atoms with Gasteiger partial charge in [-0.05, 0) is 24.3 Å². The van der Waals surface area contributed by atoms with Gasteiger partial charge in [0.15, 0.2) is 0 Å². The highest BCUT2D eigenvalue weighted by Gasteiger charge is 2.31. The van der Waals surface area contributed by atoms with E-state index in [1.54, 1.807) is 12.1 Å². The van der Waals surface area contributed by atoms with E-state index in [2.05, 4.69) is 15.1 Å². The lowest BCUT2D eigenvalue weighted by atomic mass is 10.2. The van der Waals surface area contributed by atoms with Gasteiger partial charge in [-0.15, -0.1) is 0 Å². The number of alkyl halides is 3. The molecule has 0 amide bonds. The molecule has 1 aliphatic rings. The predicted molar refractivity (Wildman–Crippen MR) is 122 cm³/mol. The number of pyridine rings is 1. The van der Waals surface area contributed by atoms with Gasteiger partial charge in [0.1, 0.15) is 0 Å². The summed E-state index contributed by atoms with van der Waals surface area (Å²) in [5, 5.41) is 12.4. The van der Waals surface area contributed by atoms with E-state index >= 15 is 0 Å². The first-order chi connectivity index (χ1) is 15.3. The first-order valence-electron chi connectivity index (χ1n) is 10.7. The minimum Gasteiger partial charge on any atom is -0.395 e. The van der Waals surface area contributed by atoms with E-state index in [9.17, 15) is 18.0 Å². The van der Waals surface area contributed by atoms with Crippen LogP contribution in [0.15, 0.2) is 41.3 Å². The van der Waals surface area contributed by atoms with Gasteiger partial charge < -0.3 is 10.4 Å². The quantitative estimate of drug-likeness (QED) is 0.642. The normalized spacial score (nSPS) is 15.2. The van der Waals surface area contributed by atoms with E-state index in [1.807, 2.05) is 13.8 Å². The second-order valence-corrected chi connectivity index (χ2v) is 7.53. The van der Waals surface area contributed by atoms with Crippen LogP contribution in [-0.4, -0.2) is 71.9 Å². The Morgan fingerprint density at radius 3 is 2.22 bits per heavy atom. The van der Waals surface area contributed by atoms with Crippen molar-refractivity contribution in [3.05, 3.63) is 57.5 Å². The van der Waals surface area contributed by atoms with E-state index in [1.165, 1.54) is 6.07 Å². The molecule has 1 saturated heterocycles. The molecule has 10 heteroatoms. The average molecular weight is 475 g/mol. The van der Waals surface area contributed by atoms with Crippen LogP contribution in [-0.2, 0) is 6.18 Å². The van der Waals surface area contributed by atoms with Crippen molar-refractivity contribution in [2.75, 3.05) is 57.7 Å². The molecule has 2 N–H and O–H groups in total. The smallest absolute Gasteiger partial charge is 0.395 e. The molecule has 1 aromatic carbocycles. The van der Waals surface area contributed by atoms with E-state index in [0.717, 1.165) is 61.3 Å². The Bertz CT molecular complexity index is 913. The summed E-state index contributed by atoms with van der Waals surface area (Å²) in [6.07, 6.45) is -3.79. The lowest BCUT2D eigenvalue weighted by Crippen LogP contribution is -2.48. The van der Waals surface area contributed by atoms with E-state index in [4.69, 9.17) is 16.7 Å². The third-order valence-electron chi connectivity index (χ3n) is 5.08. The maximum atomic E-state index is 13.0. The predicted octanol–water partition coefficient (Wildman–Crippen LogP) is 3.56. The zero-order valence-corrected chi connectivity index (χ0v) is 19.1. The number of halogens is 4. The second kappa shape index (κ2) is 12.2. The molecule has 178 valence electrons. The molecular weight excluding hydrogens is 445 g/mol. The number of rotatable bonds is 7. The number of nitrogens with one attached hydrogen (secondary N) is 1. The Balaban J connectivity index is 0.00000176. The van der Waals surface area contributed by atoms with E-state index < -0.39 is 17.3 Å². The fourth-order valence-corrected chi connectivity index (χ4v) is 3.66. The number of benzene rings is 1. The van der Waals surface area contributed by atoms with Crippen LogP contribution in [0.2, 0.25) is 5.02 Å². The van der Waals surface area contributed by atoms with Crippen molar-refractivity contribution in [2.45, 2.75) is 20.0 Å².